The highest BCUT2D eigenvalue weighted by molar-refractivity contribution is 6.22. The number of piperazine rings is 1. The summed E-state index contributed by atoms with van der Waals surface area (Å²) in [6, 6.07) is 12.8. The first-order chi connectivity index (χ1) is 14.0. The number of benzene rings is 2. The van der Waals surface area contributed by atoms with Gasteiger partial charge in [0.2, 0.25) is 0 Å². The van der Waals surface area contributed by atoms with Gasteiger partial charge in [-0.3, -0.25) is 9.59 Å². The second-order valence-electron chi connectivity index (χ2n) is 7.89. The Morgan fingerprint density at radius 3 is 2.21 bits per heavy atom. The topological polar surface area (TPSA) is 66.9 Å². The van der Waals surface area contributed by atoms with E-state index < -0.39 is 0 Å². The van der Waals surface area contributed by atoms with Gasteiger partial charge in [0, 0.05) is 42.9 Å². The molecule has 2 amide bonds. The molecule has 2 aromatic rings. The van der Waals surface area contributed by atoms with Crippen LogP contribution in [0.1, 0.15) is 40.1 Å². The van der Waals surface area contributed by atoms with Crippen LogP contribution < -0.4 is 0 Å². The molecular weight excluding hydrogens is 368 g/mol. The lowest BCUT2D eigenvalue weighted by molar-refractivity contribution is 0.0535. The Kier molecular flexibility index (Phi) is 5.09. The maximum absolute atomic E-state index is 13.0. The van der Waals surface area contributed by atoms with Crippen molar-refractivity contribution < 1.29 is 19.1 Å². The molecule has 6 nitrogen and oxygen atoms in total. The summed E-state index contributed by atoms with van der Waals surface area (Å²) in [5.74, 6) is 0.130. The van der Waals surface area contributed by atoms with Crippen molar-refractivity contribution in [3.63, 3.8) is 0 Å². The maximum atomic E-state index is 13.0. The van der Waals surface area contributed by atoms with Crippen LogP contribution in [-0.4, -0.2) is 60.4 Å². The minimum atomic E-state index is -0.327. The molecule has 0 saturated carbocycles. The number of hydrogen-bond donors (Lipinski definition) is 0. The molecule has 0 bridgehead atoms. The number of ketones is 1. The Balaban J connectivity index is 1.43. The largest absolute Gasteiger partial charge is 0.449 e. The van der Waals surface area contributed by atoms with Crippen LogP contribution in [0.25, 0.3) is 11.1 Å². The lowest BCUT2D eigenvalue weighted by Crippen LogP contribution is -2.50. The normalized spacial score (nSPS) is 15.3. The first kappa shape index (κ1) is 19.2. The summed E-state index contributed by atoms with van der Waals surface area (Å²) in [6.45, 7) is 6.15. The van der Waals surface area contributed by atoms with Gasteiger partial charge in [-0.15, -0.1) is 0 Å². The van der Waals surface area contributed by atoms with E-state index in [0.29, 0.717) is 49.5 Å². The number of carbonyl (C=O) groups is 3. The van der Waals surface area contributed by atoms with Gasteiger partial charge in [0.15, 0.2) is 5.78 Å². The summed E-state index contributed by atoms with van der Waals surface area (Å²) in [4.78, 5) is 41.1. The molecule has 1 aliphatic heterocycles. The molecule has 1 heterocycles. The van der Waals surface area contributed by atoms with Gasteiger partial charge in [0.1, 0.15) is 0 Å². The maximum Gasteiger partial charge on any atom is 0.409 e. The number of nitrogens with zero attached hydrogens (tertiary/aromatic N) is 2. The quantitative estimate of drug-likeness (QED) is 0.685. The minimum absolute atomic E-state index is 0.0389. The van der Waals surface area contributed by atoms with E-state index in [1.54, 1.807) is 21.9 Å². The van der Waals surface area contributed by atoms with Crippen LogP contribution in [-0.2, 0) is 4.74 Å². The zero-order chi connectivity index (χ0) is 20.5. The van der Waals surface area contributed by atoms with Crippen molar-refractivity contribution in [3.05, 3.63) is 59.2 Å². The van der Waals surface area contributed by atoms with Gasteiger partial charge in [-0.1, -0.05) is 44.2 Å². The van der Waals surface area contributed by atoms with Crippen LogP contribution in [0.5, 0.6) is 0 Å². The van der Waals surface area contributed by atoms with E-state index in [2.05, 4.69) is 0 Å². The molecule has 2 aromatic carbocycles. The Morgan fingerprint density at radius 1 is 0.897 bits per heavy atom. The molecule has 1 aliphatic carbocycles. The molecule has 29 heavy (non-hydrogen) atoms. The molecule has 1 fully saturated rings. The predicted molar refractivity (Wildman–Crippen MR) is 109 cm³/mol. The molecule has 1 saturated heterocycles. The molecule has 150 valence electrons. The van der Waals surface area contributed by atoms with Crippen molar-refractivity contribution in [1.82, 2.24) is 9.80 Å². The van der Waals surface area contributed by atoms with Crippen LogP contribution in [0.15, 0.2) is 42.5 Å². The number of ether oxygens (including phenoxy) is 1. The van der Waals surface area contributed by atoms with Gasteiger partial charge < -0.3 is 14.5 Å². The van der Waals surface area contributed by atoms with E-state index in [4.69, 9.17) is 4.74 Å². The fourth-order valence-electron chi connectivity index (χ4n) is 3.77. The molecule has 0 N–H and O–H groups in total. The van der Waals surface area contributed by atoms with Gasteiger partial charge >= 0.3 is 6.09 Å². The third-order valence-electron chi connectivity index (χ3n) is 5.34. The second-order valence-corrected chi connectivity index (χ2v) is 7.89. The third-order valence-corrected chi connectivity index (χ3v) is 5.34. The predicted octanol–water partition coefficient (Wildman–Crippen LogP) is 3.45. The first-order valence-corrected chi connectivity index (χ1v) is 9.95. The Hall–Kier alpha value is -3.15. The Bertz CT molecular complexity index is 975. The Labute approximate surface area is 170 Å². The fourth-order valence-corrected chi connectivity index (χ4v) is 3.77. The summed E-state index contributed by atoms with van der Waals surface area (Å²) in [5, 5.41) is 0. The summed E-state index contributed by atoms with van der Waals surface area (Å²) in [5.41, 5.74) is 3.55. The van der Waals surface area contributed by atoms with Gasteiger partial charge in [-0.05, 0) is 29.2 Å². The van der Waals surface area contributed by atoms with Gasteiger partial charge in [-0.2, -0.15) is 0 Å². The van der Waals surface area contributed by atoms with Gasteiger partial charge in [0.05, 0.1) is 6.61 Å². The molecule has 0 atom stereocenters. The summed E-state index contributed by atoms with van der Waals surface area (Å²) in [6.07, 6.45) is -0.327. The van der Waals surface area contributed by atoms with Gasteiger partial charge in [0.25, 0.3) is 5.91 Å². The molecule has 0 aromatic heterocycles. The monoisotopic (exact) mass is 392 g/mol. The van der Waals surface area contributed by atoms with Crippen LogP contribution in [0.4, 0.5) is 4.79 Å². The third kappa shape index (κ3) is 3.62. The highest BCUT2D eigenvalue weighted by Gasteiger charge is 2.29. The molecule has 4 rings (SSSR count). The van der Waals surface area contributed by atoms with E-state index in [1.807, 2.05) is 44.2 Å². The number of hydrogen-bond acceptors (Lipinski definition) is 4. The lowest BCUT2D eigenvalue weighted by atomic mass is 10.0. The van der Waals surface area contributed by atoms with Crippen LogP contribution in [0, 0.1) is 5.92 Å². The van der Waals surface area contributed by atoms with Crippen LogP contribution in [0.2, 0.25) is 0 Å². The molecule has 0 radical (unpaired) electrons. The highest BCUT2D eigenvalue weighted by atomic mass is 16.6. The molecule has 0 spiro atoms. The standard InChI is InChI=1S/C23H24N2O4/c1-15(2)14-29-23(28)25-11-9-24(10-12-25)22(27)16-7-8-18-17-5-3-4-6-19(17)21(26)20(18)13-16/h3-8,13,15H,9-12,14H2,1-2H3. The average molecular weight is 392 g/mol. The van der Waals surface area contributed by atoms with Crippen molar-refractivity contribution >= 4 is 17.8 Å². The fraction of sp³-hybridized carbons (Fsp3) is 0.348. The van der Waals surface area contributed by atoms with Crippen molar-refractivity contribution in [2.45, 2.75) is 13.8 Å². The zero-order valence-electron chi connectivity index (χ0n) is 16.7. The lowest BCUT2D eigenvalue weighted by Gasteiger charge is -2.34. The van der Waals surface area contributed by atoms with Crippen molar-refractivity contribution in [3.8, 4) is 11.1 Å². The number of carbonyl (C=O) groups excluding carboxylic acids is 3. The molecule has 0 unspecified atom stereocenters. The van der Waals surface area contributed by atoms with Crippen LogP contribution in [0.3, 0.4) is 0 Å². The average Bonchev–Trinajstić information content (AvgIpc) is 3.03. The summed E-state index contributed by atoms with van der Waals surface area (Å²) < 4.78 is 5.26. The summed E-state index contributed by atoms with van der Waals surface area (Å²) in [7, 11) is 0. The zero-order valence-corrected chi connectivity index (χ0v) is 16.7. The van der Waals surface area contributed by atoms with Crippen molar-refractivity contribution in [1.29, 1.82) is 0 Å². The Morgan fingerprint density at radius 2 is 1.52 bits per heavy atom. The summed E-state index contributed by atoms with van der Waals surface area (Å²) >= 11 is 0. The molecular formula is C23H24N2O4. The molecule has 2 aliphatic rings. The highest BCUT2D eigenvalue weighted by Crippen LogP contribution is 2.36. The number of amides is 2. The van der Waals surface area contributed by atoms with Crippen molar-refractivity contribution in [2.24, 2.45) is 5.92 Å². The number of rotatable bonds is 3. The minimum Gasteiger partial charge on any atom is -0.449 e. The van der Waals surface area contributed by atoms with E-state index >= 15 is 0 Å². The van der Waals surface area contributed by atoms with E-state index in [9.17, 15) is 14.4 Å². The van der Waals surface area contributed by atoms with Crippen molar-refractivity contribution in [2.75, 3.05) is 32.8 Å². The van der Waals surface area contributed by atoms with E-state index in [1.165, 1.54) is 0 Å². The second kappa shape index (κ2) is 7.70. The van der Waals surface area contributed by atoms with Gasteiger partial charge in [-0.25, -0.2) is 4.79 Å². The SMILES string of the molecule is CC(C)COC(=O)N1CCN(C(=O)c2ccc3c(c2)C(=O)c2ccccc2-3)CC1. The smallest absolute Gasteiger partial charge is 0.409 e. The van der Waals surface area contributed by atoms with Crippen LogP contribution >= 0.6 is 0 Å². The van der Waals surface area contributed by atoms with E-state index in [0.717, 1.165) is 11.1 Å². The molecule has 6 heteroatoms. The number of fused-ring (bicyclic) bond motifs is 3. The van der Waals surface area contributed by atoms with E-state index in [-0.39, 0.29) is 23.7 Å². The first-order valence-electron chi connectivity index (χ1n) is 9.95.